The fourth-order valence-corrected chi connectivity index (χ4v) is 4.63. The predicted molar refractivity (Wildman–Crippen MR) is 118 cm³/mol. The number of carbonyl (C=O) groups excluding carboxylic acids is 2. The zero-order valence-electron chi connectivity index (χ0n) is 18.9. The molecule has 6 heteroatoms. The predicted octanol–water partition coefficient (Wildman–Crippen LogP) is 4.42. The maximum atomic E-state index is 13.2. The molecule has 0 radical (unpaired) electrons. The number of hydrogen-bond donors (Lipinski definition) is 0. The van der Waals surface area contributed by atoms with E-state index < -0.39 is 11.9 Å². The van der Waals surface area contributed by atoms with Crippen LogP contribution in [-0.4, -0.2) is 42.1 Å². The van der Waals surface area contributed by atoms with Gasteiger partial charge in [-0.25, -0.2) is 4.79 Å². The van der Waals surface area contributed by atoms with Crippen molar-refractivity contribution in [3.63, 3.8) is 0 Å². The zero-order chi connectivity index (χ0) is 22.3. The Balaban J connectivity index is 1.72. The Kier molecular flexibility index (Phi) is 5.88. The third-order valence-corrected chi connectivity index (χ3v) is 6.39. The van der Waals surface area contributed by atoms with Gasteiger partial charge in [-0.15, -0.1) is 0 Å². The van der Waals surface area contributed by atoms with Crippen LogP contribution in [0.4, 0.5) is 5.69 Å². The normalized spacial score (nSPS) is 31.4. The molecule has 1 aromatic rings. The molecule has 3 aliphatic rings. The fraction of sp³-hybridized carbons (Fsp3) is 0.560. The molecule has 4 rings (SSSR count). The van der Waals surface area contributed by atoms with Gasteiger partial charge in [0.25, 0.3) is 0 Å². The molecule has 3 heterocycles. The number of fused-ring (bicyclic) bond motifs is 4. The molecule has 0 aliphatic carbocycles. The lowest BCUT2D eigenvalue weighted by Gasteiger charge is -2.22. The molecule has 0 bridgehead atoms. The number of aliphatic imine (C=N–C) groups is 1. The summed E-state index contributed by atoms with van der Waals surface area (Å²) >= 11 is 0. The number of benzene rings is 1. The van der Waals surface area contributed by atoms with Gasteiger partial charge in [-0.05, 0) is 69.7 Å². The van der Waals surface area contributed by atoms with Gasteiger partial charge < -0.3 is 14.2 Å². The van der Waals surface area contributed by atoms with Gasteiger partial charge in [0.2, 0.25) is 0 Å². The first-order chi connectivity index (χ1) is 14.7. The monoisotopic (exact) mass is 425 g/mol. The molecular formula is C25H31NO5. The smallest absolute Gasteiger partial charge is 0.339 e. The van der Waals surface area contributed by atoms with Gasteiger partial charge in [0.05, 0.1) is 17.4 Å². The molecule has 3 aliphatic heterocycles. The van der Waals surface area contributed by atoms with Crippen LogP contribution in [0, 0.1) is 12.8 Å². The van der Waals surface area contributed by atoms with Crippen molar-refractivity contribution in [1.29, 1.82) is 0 Å². The number of cyclic esters (lactones) is 1. The summed E-state index contributed by atoms with van der Waals surface area (Å²) in [5, 5.41) is 0. The summed E-state index contributed by atoms with van der Waals surface area (Å²) < 4.78 is 17.8. The van der Waals surface area contributed by atoms with E-state index in [0.29, 0.717) is 18.4 Å². The molecule has 0 aromatic heterocycles. The van der Waals surface area contributed by atoms with Crippen molar-refractivity contribution < 1.29 is 23.8 Å². The second-order valence-electron chi connectivity index (χ2n) is 9.29. The highest BCUT2D eigenvalue weighted by molar-refractivity contribution is 5.96. The highest BCUT2D eigenvalue weighted by atomic mass is 16.8. The van der Waals surface area contributed by atoms with E-state index >= 15 is 0 Å². The van der Waals surface area contributed by atoms with Crippen LogP contribution in [-0.2, 0) is 31.8 Å². The number of nitrogens with zero attached hydrogens (tertiary/aromatic N) is 1. The third-order valence-electron chi connectivity index (χ3n) is 6.39. The second-order valence-corrected chi connectivity index (χ2v) is 9.29. The largest absolute Gasteiger partial charge is 0.458 e. The summed E-state index contributed by atoms with van der Waals surface area (Å²) in [6.45, 7) is 9.42. The number of esters is 1. The minimum Gasteiger partial charge on any atom is -0.458 e. The molecule has 1 saturated heterocycles. The Labute approximate surface area is 183 Å². The lowest BCUT2D eigenvalue weighted by atomic mass is 9.91. The first-order valence-corrected chi connectivity index (χ1v) is 11.1. The number of ether oxygens (including phenoxy) is 3. The summed E-state index contributed by atoms with van der Waals surface area (Å²) in [6.07, 6.45) is 6.74. The van der Waals surface area contributed by atoms with Gasteiger partial charge in [-0.1, -0.05) is 19.1 Å². The molecular weight excluding hydrogens is 394 g/mol. The average Bonchev–Trinajstić information content (AvgIpc) is 3.28. The number of carbonyl (C=O) groups is 2. The number of ketones is 1. The topological polar surface area (TPSA) is 74.2 Å². The van der Waals surface area contributed by atoms with Crippen LogP contribution in [0.1, 0.15) is 67.6 Å². The van der Waals surface area contributed by atoms with Crippen LogP contribution in [0.2, 0.25) is 0 Å². The van der Waals surface area contributed by atoms with Crippen LogP contribution in [0.25, 0.3) is 0 Å². The molecule has 0 unspecified atom stereocenters. The van der Waals surface area contributed by atoms with E-state index in [1.165, 1.54) is 0 Å². The van der Waals surface area contributed by atoms with Crippen molar-refractivity contribution in [3.05, 3.63) is 40.5 Å². The molecule has 0 N–H and O–H groups in total. The summed E-state index contributed by atoms with van der Waals surface area (Å²) in [4.78, 5) is 30.6. The lowest BCUT2D eigenvalue weighted by Crippen LogP contribution is -2.31. The van der Waals surface area contributed by atoms with Gasteiger partial charge in [-0.3, -0.25) is 9.79 Å². The van der Waals surface area contributed by atoms with E-state index in [0.717, 1.165) is 35.2 Å². The minimum absolute atomic E-state index is 0.111. The van der Waals surface area contributed by atoms with Gasteiger partial charge in [0, 0.05) is 18.6 Å². The van der Waals surface area contributed by atoms with E-state index in [4.69, 9.17) is 14.2 Å². The minimum atomic E-state index is -0.801. The fourth-order valence-electron chi connectivity index (χ4n) is 4.63. The number of rotatable bonds is 0. The van der Waals surface area contributed by atoms with E-state index in [-0.39, 0.29) is 29.9 Å². The molecule has 4 atom stereocenters. The molecule has 1 fully saturated rings. The molecule has 166 valence electrons. The van der Waals surface area contributed by atoms with Crippen LogP contribution < -0.4 is 0 Å². The van der Waals surface area contributed by atoms with E-state index in [2.05, 4.69) is 4.99 Å². The lowest BCUT2D eigenvalue weighted by molar-refractivity contribution is -0.153. The molecule has 31 heavy (non-hydrogen) atoms. The van der Waals surface area contributed by atoms with Crippen LogP contribution in [0.3, 0.4) is 0 Å². The van der Waals surface area contributed by atoms with Crippen molar-refractivity contribution in [2.45, 2.75) is 84.4 Å². The van der Waals surface area contributed by atoms with Crippen molar-refractivity contribution in [2.75, 3.05) is 0 Å². The summed E-state index contributed by atoms with van der Waals surface area (Å²) in [5.74, 6) is -1.36. The van der Waals surface area contributed by atoms with Gasteiger partial charge in [-0.2, -0.15) is 0 Å². The third kappa shape index (κ3) is 4.37. The summed E-state index contributed by atoms with van der Waals surface area (Å²) in [7, 11) is 0. The number of hydrogen-bond acceptors (Lipinski definition) is 6. The quantitative estimate of drug-likeness (QED) is 0.576. The standard InChI is InChI=1S/C25H31NO5/c1-14-9-10-19(27)23-20(30-25(4,5)31-23)8-6-7-18-21(24(28)29-16(14)3)15(2)13-17-11-12-26-22(17)18/h9-10,12-14,16,20,23H,6-8,11H2,1-5H3/b10-9-/t14-,16+,20-,23-/m1/s1. The Bertz CT molecular complexity index is 961. The number of aryl methyl sites for hydroxylation is 1. The molecule has 0 spiro atoms. The van der Waals surface area contributed by atoms with Gasteiger partial charge >= 0.3 is 5.97 Å². The highest BCUT2D eigenvalue weighted by Gasteiger charge is 2.44. The maximum absolute atomic E-state index is 13.2. The van der Waals surface area contributed by atoms with E-state index in [1.807, 2.05) is 46.9 Å². The molecule has 0 amide bonds. The first kappa shape index (κ1) is 21.9. The van der Waals surface area contributed by atoms with Crippen LogP contribution in [0.5, 0.6) is 0 Å². The Morgan fingerprint density at radius 1 is 1.16 bits per heavy atom. The second kappa shape index (κ2) is 8.32. The van der Waals surface area contributed by atoms with E-state index in [9.17, 15) is 9.59 Å². The van der Waals surface area contributed by atoms with Gasteiger partial charge in [0.15, 0.2) is 11.6 Å². The molecule has 1 aromatic carbocycles. The van der Waals surface area contributed by atoms with Gasteiger partial charge in [0.1, 0.15) is 12.2 Å². The Hall–Kier alpha value is -2.31. The maximum Gasteiger partial charge on any atom is 0.339 e. The first-order valence-electron chi connectivity index (χ1n) is 11.1. The van der Waals surface area contributed by atoms with Crippen molar-refractivity contribution in [3.8, 4) is 0 Å². The van der Waals surface area contributed by atoms with Crippen molar-refractivity contribution >= 4 is 23.7 Å². The van der Waals surface area contributed by atoms with Crippen LogP contribution in [0.15, 0.2) is 23.2 Å². The SMILES string of the molecule is Cc1cc2c(c3c1C(=O)O[C@@H](C)[C@H](C)/C=C\C(=O)[C@H]1OC(C)(C)O[C@@H]1CCC3)N=CC2. The van der Waals surface area contributed by atoms with E-state index in [1.54, 1.807) is 12.2 Å². The summed E-state index contributed by atoms with van der Waals surface area (Å²) in [5.41, 5.74) is 4.50. The summed E-state index contributed by atoms with van der Waals surface area (Å²) in [6, 6.07) is 2.05. The van der Waals surface area contributed by atoms with Crippen molar-refractivity contribution in [2.24, 2.45) is 10.9 Å². The zero-order valence-corrected chi connectivity index (χ0v) is 18.9. The Morgan fingerprint density at radius 3 is 2.71 bits per heavy atom. The molecule has 0 saturated carbocycles. The van der Waals surface area contributed by atoms with Crippen molar-refractivity contribution in [1.82, 2.24) is 0 Å². The van der Waals surface area contributed by atoms with Crippen LogP contribution >= 0.6 is 0 Å². The Morgan fingerprint density at radius 2 is 1.94 bits per heavy atom. The highest BCUT2D eigenvalue weighted by Crippen LogP contribution is 2.37. The average molecular weight is 426 g/mol. The molecule has 6 nitrogen and oxygen atoms in total.